The lowest BCUT2D eigenvalue weighted by molar-refractivity contribution is 0.0384. The summed E-state index contributed by atoms with van der Waals surface area (Å²) in [5, 5.41) is 0.352. The van der Waals surface area contributed by atoms with Crippen LogP contribution in [0.4, 0.5) is 0 Å². The molecule has 7 heteroatoms. The van der Waals surface area contributed by atoms with E-state index < -0.39 is 17.2 Å². The number of nitrogens with zero attached hydrogens (tertiary/aromatic N) is 2. The van der Waals surface area contributed by atoms with Crippen molar-refractivity contribution in [2.45, 2.75) is 20.0 Å². The van der Waals surface area contributed by atoms with E-state index in [1.165, 1.54) is 17.7 Å². The first-order valence-corrected chi connectivity index (χ1v) is 6.55. The van der Waals surface area contributed by atoms with Crippen LogP contribution >= 0.6 is 11.3 Å². The van der Waals surface area contributed by atoms with Crippen LogP contribution < -0.4 is 11.2 Å². The van der Waals surface area contributed by atoms with Gasteiger partial charge in [0.15, 0.2) is 0 Å². The van der Waals surface area contributed by atoms with Crippen molar-refractivity contribution in [2.75, 3.05) is 0 Å². The maximum Gasteiger partial charge on any atom is 0.348 e. The van der Waals surface area contributed by atoms with Gasteiger partial charge in [-0.25, -0.2) is 9.59 Å². The minimum Gasteiger partial charge on any atom is -0.459 e. The molecular formula is C12H14N2O4S. The first-order valence-electron chi connectivity index (χ1n) is 5.73. The first kappa shape index (κ1) is 13.5. The molecule has 0 aliphatic rings. The Kier molecular flexibility index (Phi) is 3.32. The van der Waals surface area contributed by atoms with Crippen LogP contribution in [-0.4, -0.2) is 21.2 Å². The zero-order valence-electron chi connectivity index (χ0n) is 11.1. The van der Waals surface area contributed by atoms with Crippen molar-refractivity contribution in [2.24, 2.45) is 14.1 Å². The number of aromatic nitrogens is 2. The summed E-state index contributed by atoms with van der Waals surface area (Å²) >= 11 is 1.09. The largest absolute Gasteiger partial charge is 0.459 e. The van der Waals surface area contributed by atoms with Crippen molar-refractivity contribution >= 4 is 27.5 Å². The van der Waals surface area contributed by atoms with Crippen LogP contribution in [0, 0.1) is 0 Å². The fraction of sp³-hybridized carbons (Fsp3) is 0.417. The maximum atomic E-state index is 12.0. The molecule has 0 aliphatic heterocycles. The number of hydrogen-bond donors (Lipinski definition) is 0. The van der Waals surface area contributed by atoms with Crippen molar-refractivity contribution in [3.8, 4) is 0 Å². The van der Waals surface area contributed by atoms with Crippen molar-refractivity contribution in [3.05, 3.63) is 31.8 Å². The van der Waals surface area contributed by atoms with Gasteiger partial charge < -0.3 is 4.74 Å². The normalized spacial score (nSPS) is 11.2. The summed E-state index contributed by atoms with van der Waals surface area (Å²) in [5.74, 6) is -0.481. The van der Waals surface area contributed by atoms with E-state index in [0.717, 1.165) is 15.9 Å². The molecule has 0 spiro atoms. The van der Waals surface area contributed by atoms with E-state index in [-0.39, 0.29) is 6.10 Å². The molecular weight excluding hydrogens is 268 g/mol. The fourth-order valence-corrected chi connectivity index (χ4v) is 2.72. The molecule has 0 amide bonds. The minimum absolute atomic E-state index is 0.232. The van der Waals surface area contributed by atoms with Gasteiger partial charge in [-0.15, -0.1) is 11.3 Å². The number of carbonyl (C=O) groups excluding carboxylic acids is 1. The molecule has 0 bridgehead atoms. The van der Waals surface area contributed by atoms with Crippen molar-refractivity contribution in [1.29, 1.82) is 0 Å². The van der Waals surface area contributed by atoms with Crippen molar-refractivity contribution < 1.29 is 9.53 Å². The zero-order chi connectivity index (χ0) is 14.3. The summed E-state index contributed by atoms with van der Waals surface area (Å²) in [7, 11) is 2.98. The van der Waals surface area contributed by atoms with Gasteiger partial charge in [-0.3, -0.25) is 13.9 Å². The lowest BCUT2D eigenvalue weighted by atomic mass is 10.3. The van der Waals surface area contributed by atoms with Crippen LogP contribution in [0.5, 0.6) is 0 Å². The van der Waals surface area contributed by atoms with Gasteiger partial charge >= 0.3 is 11.7 Å². The Morgan fingerprint density at radius 3 is 2.47 bits per heavy atom. The van der Waals surface area contributed by atoms with Gasteiger partial charge in [0.1, 0.15) is 9.71 Å². The van der Waals surface area contributed by atoms with Crippen LogP contribution in [0.3, 0.4) is 0 Å². The Hall–Kier alpha value is -1.89. The van der Waals surface area contributed by atoms with Gasteiger partial charge in [-0.2, -0.15) is 0 Å². The highest BCUT2D eigenvalue weighted by Gasteiger charge is 2.17. The summed E-state index contributed by atoms with van der Waals surface area (Å²) in [6.07, 6.45) is -0.232. The van der Waals surface area contributed by atoms with Gasteiger partial charge in [0.25, 0.3) is 5.56 Å². The second-order valence-electron chi connectivity index (χ2n) is 4.49. The summed E-state index contributed by atoms with van der Waals surface area (Å²) in [4.78, 5) is 36.3. The molecule has 19 heavy (non-hydrogen) atoms. The SMILES string of the molecule is CC(C)OC(=O)c1cc2c(=O)n(C)c(=O)n(C)c2s1. The molecule has 0 unspecified atom stereocenters. The molecule has 0 aromatic carbocycles. The second-order valence-corrected chi connectivity index (χ2v) is 5.52. The lowest BCUT2D eigenvalue weighted by Crippen LogP contribution is -2.36. The number of hydrogen-bond acceptors (Lipinski definition) is 5. The summed E-state index contributed by atoms with van der Waals surface area (Å²) < 4.78 is 7.46. The molecule has 2 rings (SSSR count). The number of thiophene rings is 1. The minimum atomic E-state index is -0.481. The first-order chi connectivity index (χ1) is 8.82. The van der Waals surface area contributed by atoms with Crippen LogP contribution in [0.1, 0.15) is 23.5 Å². The molecule has 2 heterocycles. The molecule has 102 valence electrons. The number of rotatable bonds is 2. The Balaban J connectivity index is 2.68. The predicted octanol–water partition coefficient (Wildman–Crippen LogP) is 0.864. The Bertz CT molecular complexity index is 766. The zero-order valence-corrected chi connectivity index (χ0v) is 11.9. The number of ether oxygens (including phenoxy) is 1. The number of esters is 1. The van der Waals surface area contributed by atoms with Crippen molar-refractivity contribution in [3.63, 3.8) is 0 Å². The van der Waals surface area contributed by atoms with Gasteiger partial charge in [0.2, 0.25) is 0 Å². The van der Waals surface area contributed by atoms with Crippen LogP contribution in [-0.2, 0) is 18.8 Å². The average molecular weight is 282 g/mol. The molecule has 0 fully saturated rings. The Morgan fingerprint density at radius 1 is 1.26 bits per heavy atom. The number of fused-ring (bicyclic) bond motifs is 1. The molecule has 0 saturated heterocycles. The highest BCUT2D eigenvalue weighted by molar-refractivity contribution is 7.20. The van der Waals surface area contributed by atoms with Crippen LogP contribution in [0.15, 0.2) is 15.7 Å². The van der Waals surface area contributed by atoms with Gasteiger partial charge in [0, 0.05) is 14.1 Å². The van der Waals surface area contributed by atoms with E-state index >= 15 is 0 Å². The fourth-order valence-electron chi connectivity index (χ4n) is 1.74. The van der Waals surface area contributed by atoms with Gasteiger partial charge in [-0.05, 0) is 19.9 Å². The van der Waals surface area contributed by atoms with Gasteiger partial charge in [-0.1, -0.05) is 0 Å². The Labute approximate surface area is 112 Å². The third kappa shape index (κ3) is 2.21. The van der Waals surface area contributed by atoms with E-state index in [2.05, 4.69) is 0 Å². The Morgan fingerprint density at radius 2 is 1.89 bits per heavy atom. The second kappa shape index (κ2) is 4.65. The van der Waals surface area contributed by atoms with E-state index in [4.69, 9.17) is 4.74 Å². The summed E-state index contributed by atoms with van der Waals surface area (Å²) in [5.41, 5.74) is -0.818. The third-order valence-electron chi connectivity index (χ3n) is 2.67. The van der Waals surface area contributed by atoms with Gasteiger partial charge in [0.05, 0.1) is 11.5 Å². The average Bonchev–Trinajstić information content (AvgIpc) is 2.78. The standard InChI is InChI=1S/C12H14N2O4S/c1-6(2)18-11(16)8-5-7-9(15)13(3)12(17)14(4)10(7)19-8/h5-6H,1-4H3. The van der Waals surface area contributed by atoms with E-state index in [1.54, 1.807) is 20.9 Å². The van der Waals surface area contributed by atoms with Crippen LogP contribution in [0.2, 0.25) is 0 Å². The molecule has 0 atom stereocenters. The monoisotopic (exact) mass is 282 g/mol. The smallest absolute Gasteiger partial charge is 0.348 e. The van der Waals surface area contributed by atoms with E-state index in [0.29, 0.717) is 15.1 Å². The van der Waals surface area contributed by atoms with Crippen LogP contribution in [0.25, 0.3) is 10.2 Å². The summed E-state index contributed by atoms with van der Waals surface area (Å²) in [6.45, 7) is 3.50. The number of aryl methyl sites for hydroxylation is 1. The summed E-state index contributed by atoms with van der Waals surface area (Å²) in [6, 6.07) is 1.48. The van der Waals surface area contributed by atoms with Crippen molar-refractivity contribution in [1.82, 2.24) is 9.13 Å². The van der Waals surface area contributed by atoms with E-state index in [1.807, 2.05) is 0 Å². The molecule has 2 aromatic rings. The highest BCUT2D eigenvalue weighted by atomic mass is 32.1. The molecule has 0 radical (unpaired) electrons. The molecule has 6 nitrogen and oxygen atoms in total. The quantitative estimate of drug-likeness (QED) is 0.766. The molecule has 0 saturated carbocycles. The highest BCUT2D eigenvalue weighted by Crippen LogP contribution is 2.22. The topological polar surface area (TPSA) is 70.3 Å². The maximum absolute atomic E-state index is 12.0. The molecule has 0 N–H and O–H groups in total. The lowest BCUT2D eigenvalue weighted by Gasteiger charge is -2.05. The predicted molar refractivity (Wildman–Crippen MR) is 72.9 cm³/mol. The van der Waals surface area contributed by atoms with E-state index in [9.17, 15) is 14.4 Å². The molecule has 2 aromatic heterocycles. The molecule has 0 aliphatic carbocycles. The third-order valence-corrected chi connectivity index (χ3v) is 3.86. The number of carbonyl (C=O) groups is 1.